The van der Waals surface area contributed by atoms with Crippen LogP contribution in [0.4, 0.5) is 6.01 Å². The van der Waals surface area contributed by atoms with E-state index in [0.717, 1.165) is 19.4 Å². The molecule has 5 nitrogen and oxygen atoms in total. The zero-order valence-electron chi connectivity index (χ0n) is 7.93. The van der Waals surface area contributed by atoms with Gasteiger partial charge in [0.25, 0.3) is 6.01 Å². The third-order valence-corrected chi connectivity index (χ3v) is 2.29. The summed E-state index contributed by atoms with van der Waals surface area (Å²) in [7, 11) is 0. The number of rotatable bonds is 4. The van der Waals surface area contributed by atoms with Gasteiger partial charge in [0.1, 0.15) is 6.26 Å². The molecule has 0 radical (unpaired) electrons. The molecule has 0 amide bonds. The minimum atomic E-state index is -1.05. The minimum Gasteiger partial charge on any atom is -0.476 e. The van der Waals surface area contributed by atoms with Gasteiger partial charge < -0.3 is 14.4 Å². The highest BCUT2D eigenvalue weighted by molar-refractivity contribution is 5.85. The Hall–Kier alpha value is -1.52. The Balaban J connectivity index is 2.17. The highest BCUT2D eigenvalue weighted by Crippen LogP contribution is 2.30. The van der Waals surface area contributed by atoms with Crippen molar-refractivity contribution in [2.45, 2.75) is 25.8 Å². The lowest BCUT2D eigenvalue weighted by atomic mass is 10.5. The molecule has 0 unspecified atom stereocenters. The summed E-state index contributed by atoms with van der Waals surface area (Å²) in [5, 5.41) is 8.67. The number of anilines is 1. The number of nitrogens with zero attached hydrogens (tertiary/aromatic N) is 2. The molecular formula is C9H12N2O3. The van der Waals surface area contributed by atoms with Crippen LogP contribution in [0, 0.1) is 0 Å². The fourth-order valence-corrected chi connectivity index (χ4v) is 1.43. The molecule has 1 aliphatic rings. The van der Waals surface area contributed by atoms with Gasteiger partial charge in [-0.15, -0.1) is 0 Å². The maximum atomic E-state index is 10.6. The van der Waals surface area contributed by atoms with Crippen LogP contribution in [0.5, 0.6) is 0 Å². The summed E-state index contributed by atoms with van der Waals surface area (Å²) >= 11 is 0. The molecule has 2 rings (SSSR count). The van der Waals surface area contributed by atoms with E-state index in [9.17, 15) is 4.79 Å². The summed E-state index contributed by atoms with van der Waals surface area (Å²) < 4.78 is 5.11. The first-order chi connectivity index (χ1) is 6.72. The van der Waals surface area contributed by atoms with E-state index in [1.165, 1.54) is 6.26 Å². The van der Waals surface area contributed by atoms with Gasteiger partial charge in [0.05, 0.1) is 0 Å². The average molecular weight is 196 g/mol. The second kappa shape index (κ2) is 3.32. The Morgan fingerprint density at radius 3 is 2.93 bits per heavy atom. The van der Waals surface area contributed by atoms with Crippen molar-refractivity contribution in [3.8, 4) is 0 Å². The summed E-state index contributed by atoms with van der Waals surface area (Å²) in [4.78, 5) is 16.5. The number of hydrogen-bond donors (Lipinski definition) is 1. The molecule has 1 heterocycles. The highest BCUT2D eigenvalue weighted by atomic mass is 16.4. The van der Waals surface area contributed by atoms with Gasteiger partial charge in [-0.3, -0.25) is 0 Å². The molecule has 1 aliphatic carbocycles. The van der Waals surface area contributed by atoms with Crippen molar-refractivity contribution < 1.29 is 14.3 Å². The molecule has 1 N–H and O–H groups in total. The van der Waals surface area contributed by atoms with Gasteiger partial charge in [0.2, 0.25) is 0 Å². The van der Waals surface area contributed by atoms with E-state index >= 15 is 0 Å². The number of carboxylic acids is 1. The quantitative estimate of drug-likeness (QED) is 0.787. The zero-order chi connectivity index (χ0) is 10.1. The van der Waals surface area contributed by atoms with Crippen molar-refractivity contribution in [2.24, 2.45) is 0 Å². The summed E-state index contributed by atoms with van der Waals surface area (Å²) in [6.45, 7) is 2.80. The van der Waals surface area contributed by atoms with E-state index in [2.05, 4.69) is 4.98 Å². The third-order valence-electron chi connectivity index (χ3n) is 2.29. The number of hydrogen-bond acceptors (Lipinski definition) is 4. The molecule has 14 heavy (non-hydrogen) atoms. The first kappa shape index (κ1) is 9.05. The number of carbonyl (C=O) groups is 1. The van der Waals surface area contributed by atoms with Crippen molar-refractivity contribution in [2.75, 3.05) is 11.4 Å². The van der Waals surface area contributed by atoms with Gasteiger partial charge in [-0.1, -0.05) is 0 Å². The van der Waals surface area contributed by atoms with E-state index in [4.69, 9.17) is 9.52 Å². The van der Waals surface area contributed by atoms with Crippen LogP contribution in [-0.4, -0.2) is 28.6 Å². The maximum Gasteiger partial charge on any atom is 0.357 e. The second-order valence-electron chi connectivity index (χ2n) is 3.34. The average Bonchev–Trinajstić information content (AvgIpc) is 2.84. The third kappa shape index (κ3) is 1.57. The maximum absolute atomic E-state index is 10.6. The van der Waals surface area contributed by atoms with E-state index in [0.29, 0.717) is 12.1 Å². The van der Waals surface area contributed by atoms with Crippen molar-refractivity contribution in [1.29, 1.82) is 0 Å². The Morgan fingerprint density at radius 2 is 2.50 bits per heavy atom. The van der Waals surface area contributed by atoms with E-state index in [1.807, 2.05) is 11.8 Å². The van der Waals surface area contributed by atoms with E-state index in [1.54, 1.807) is 0 Å². The van der Waals surface area contributed by atoms with Gasteiger partial charge in [0.15, 0.2) is 5.69 Å². The van der Waals surface area contributed by atoms with Crippen LogP contribution in [-0.2, 0) is 0 Å². The van der Waals surface area contributed by atoms with Crippen molar-refractivity contribution in [3.05, 3.63) is 12.0 Å². The molecule has 0 spiro atoms. The fraction of sp³-hybridized carbons (Fsp3) is 0.556. The number of aromatic carboxylic acids is 1. The first-order valence-corrected chi connectivity index (χ1v) is 4.68. The van der Waals surface area contributed by atoms with Crippen molar-refractivity contribution in [1.82, 2.24) is 4.98 Å². The summed E-state index contributed by atoms with van der Waals surface area (Å²) in [5.41, 5.74) is -0.0286. The molecule has 0 aliphatic heterocycles. The lowest BCUT2D eigenvalue weighted by Gasteiger charge is -2.16. The number of carboxylic acid groups (broad SMARTS) is 1. The van der Waals surface area contributed by atoms with Crippen molar-refractivity contribution >= 4 is 12.0 Å². The Labute approximate surface area is 81.3 Å². The highest BCUT2D eigenvalue weighted by Gasteiger charge is 2.31. The number of oxazole rings is 1. The van der Waals surface area contributed by atoms with Gasteiger partial charge in [-0.05, 0) is 19.8 Å². The fourth-order valence-electron chi connectivity index (χ4n) is 1.43. The Kier molecular flexibility index (Phi) is 2.15. The number of aromatic nitrogens is 1. The molecular weight excluding hydrogens is 184 g/mol. The molecule has 1 aromatic heterocycles. The topological polar surface area (TPSA) is 66.6 Å². The summed E-state index contributed by atoms with van der Waals surface area (Å²) in [6, 6.07) is 0.910. The normalized spacial score (nSPS) is 15.5. The Bertz CT molecular complexity index is 344. The zero-order valence-corrected chi connectivity index (χ0v) is 7.93. The SMILES string of the molecule is CCN(c1nc(C(=O)O)co1)C1CC1. The smallest absolute Gasteiger partial charge is 0.357 e. The second-order valence-corrected chi connectivity index (χ2v) is 3.34. The predicted molar refractivity (Wildman–Crippen MR) is 49.5 cm³/mol. The minimum absolute atomic E-state index is 0.0286. The van der Waals surface area contributed by atoms with E-state index < -0.39 is 5.97 Å². The molecule has 0 saturated heterocycles. The van der Waals surface area contributed by atoms with Crippen LogP contribution >= 0.6 is 0 Å². The molecule has 1 saturated carbocycles. The molecule has 0 aromatic carbocycles. The molecule has 0 atom stereocenters. The lowest BCUT2D eigenvalue weighted by Crippen LogP contribution is -2.25. The summed E-state index contributed by atoms with van der Waals surface area (Å²) in [5.74, 6) is -1.05. The van der Waals surface area contributed by atoms with Crippen molar-refractivity contribution in [3.63, 3.8) is 0 Å². The predicted octanol–water partition coefficient (Wildman–Crippen LogP) is 1.36. The van der Waals surface area contributed by atoms with Gasteiger partial charge in [0, 0.05) is 12.6 Å². The van der Waals surface area contributed by atoms with Crippen LogP contribution in [0.3, 0.4) is 0 Å². The van der Waals surface area contributed by atoms with Gasteiger partial charge in [-0.2, -0.15) is 4.98 Å². The van der Waals surface area contributed by atoms with E-state index in [-0.39, 0.29) is 5.69 Å². The largest absolute Gasteiger partial charge is 0.476 e. The van der Waals surface area contributed by atoms with Gasteiger partial charge in [-0.25, -0.2) is 4.79 Å². The molecule has 1 fully saturated rings. The van der Waals surface area contributed by atoms with Gasteiger partial charge >= 0.3 is 5.97 Å². The molecule has 76 valence electrons. The van der Waals surface area contributed by atoms with Crippen LogP contribution in [0.1, 0.15) is 30.3 Å². The lowest BCUT2D eigenvalue weighted by molar-refractivity contribution is 0.0690. The van der Waals surface area contributed by atoms with Crippen LogP contribution in [0.15, 0.2) is 10.7 Å². The van der Waals surface area contributed by atoms with Crippen LogP contribution in [0.25, 0.3) is 0 Å². The summed E-state index contributed by atoms with van der Waals surface area (Å²) in [6.07, 6.45) is 3.46. The van der Waals surface area contributed by atoms with Crippen LogP contribution in [0.2, 0.25) is 0 Å². The monoisotopic (exact) mass is 196 g/mol. The molecule has 1 aromatic rings. The first-order valence-electron chi connectivity index (χ1n) is 4.68. The standard InChI is InChI=1S/C9H12N2O3/c1-2-11(6-3-4-6)9-10-7(5-14-9)8(12)13/h5-6H,2-4H2,1H3,(H,12,13). The molecule has 0 bridgehead atoms. The molecule has 5 heteroatoms. The Morgan fingerprint density at radius 1 is 1.79 bits per heavy atom. The van der Waals surface area contributed by atoms with Crippen LogP contribution < -0.4 is 4.90 Å².